The van der Waals surface area contributed by atoms with Crippen LogP contribution in [0.5, 0.6) is 0 Å². The first kappa shape index (κ1) is 16.6. The van der Waals surface area contributed by atoms with E-state index in [0.29, 0.717) is 37.6 Å². The third kappa shape index (κ3) is 3.82. The Labute approximate surface area is 139 Å². The highest BCUT2D eigenvalue weighted by Crippen LogP contribution is 2.59. The lowest BCUT2D eigenvalue weighted by molar-refractivity contribution is -0.0235. The SMILES string of the molecule is CC1(C)[C@H]2CC=C(COC[C@H](O)CNCc3ccccn3)[C@H]1C2. The van der Waals surface area contributed by atoms with Gasteiger partial charge in [0, 0.05) is 19.3 Å². The topological polar surface area (TPSA) is 54.4 Å². The Morgan fingerprint density at radius 1 is 1.43 bits per heavy atom. The summed E-state index contributed by atoms with van der Waals surface area (Å²) in [5, 5.41) is 13.2. The van der Waals surface area contributed by atoms with Crippen molar-refractivity contribution in [3.63, 3.8) is 0 Å². The molecule has 2 bridgehead atoms. The molecule has 1 heterocycles. The molecule has 0 aliphatic heterocycles. The molecule has 2 N–H and O–H groups in total. The summed E-state index contributed by atoms with van der Waals surface area (Å²) < 4.78 is 5.75. The number of aromatic nitrogens is 1. The van der Waals surface area contributed by atoms with Gasteiger partial charge in [-0.1, -0.05) is 26.0 Å². The molecular formula is C19H28N2O2. The van der Waals surface area contributed by atoms with Crippen LogP contribution in [0.15, 0.2) is 36.0 Å². The molecule has 1 saturated carbocycles. The van der Waals surface area contributed by atoms with E-state index in [0.717, 1.165) is 11.6 Å². The van der Waals surface area contributed by atoms with Crippen LogP contribution in [0.3, 0.4) is 0 Å². The molecule has 0 spiro atoms. The van der Waals surface area contributed by atoms with Crippen LogP contribution in [0.2, 0.25) is 0 Å². The Balaban J connectivity index is 1.32. The Morgan fingerprint density at radius 3 is 3.00 bits per heavy atom. The van der Waals surface area contributed by atoms with Crippen molar-refractivity contribution in [2.75, 3.05) is 19.8 Å². The molecule has 0 radical (unpaired) electrons. The first-order valence-corrected chi connectivity index (χ1v) is 8.62. The molecule has 23 heavy (non-hydrogen) atoms. The van der Waals surface area contributed by atoms with Gasteiger partial charge < -0.3 is 15.2 Å². The zero-order valence-electron chi connectivity index (χ0n) is 14.2. The first-order valence-electron chi connectivity index (χ1n) is 8.62. The van der Waals surface area contributed by atoms with Crippen LogP contribution in [0.4, 0.5) is 0 Å². The van der Waals surface area contributed by atoms with Crippen molar-refractivity contribution in [1.29, 1.82) is 0 Å². The Bertz CT molecular complexity index is 542. The van der Waals surface area contributed by atoms with E-state index in [1.54, 1.807) is 6.20 Å². The summed E-state index contributed by atoms with van der Waals surface area (Å²) in [7, 11) is 0. The molecule has 3 aliphatic carbocycles. The molecule has 3 atom stereocenters. The summed E-state index contributed by atoms with van der Waals surface area (Å²) in [4.78, 5) is 4.24. The molecule has 4 nitrogen and oxygen atoms in total. The van der Waals surface area contributed by atoms with Crippen LogP contribution >= 0.6 is 0 Å². The number of aliphatic hydroxyl groups excluding tert-OH is 1. The number of pyridine rings is 1. The molecule has 126 valence electrons. The van der Waals surface area contributed by atoms with Crippen LogP contribution in [0.25, 0.3) is 0 Å². The zero-order valence-corrected chi connectivity index (χ0v) is 14.2. The minimum atomic E-state index is -0.481. The fraction of sp³-hybridized carbons (Fsp3) is 0.632. The van der Waals surface area contributed by atoms with Crippen LogP contribution in [-0.4, -0.2) is 36.0 Å². The summed E-state index contributed by atoms with van der Waals surface area (Å²) >= 11 is 0. The van der Waals surface area contributed by atoms with Gasteiger partial charge in [-0.25, -0.2) is 0 Å². The van der Waals surface area contributed by atoms with Gasteiger partial charge in [0.2, 0.25) is 0 Å². The molecule has 0 aromatic carbocycles. The summed E-state index contributed by atoms with van der Waals surface area (Å²) in [5.74, 6) is 1.54. The third-order valence-corrected chi connectivity index (χ3v) is 5.57. The standard InChI is InChI=1S/C19H28N2O2/c1-19(2)15-7-6-14(18(19)9-15)12-23-13-17(22)11-20-10-16-5-3-4-8-21-16/h3-6,8,15,17-18,20,22H,7,9-13H2,1-2H3/t15-,17+,18+/m0/s1. The van der Waals surface area contributed by atoms with Gasteiger partial charge >= 0.3 is 0 Å². The van der Waals surface area contributed by atoms with E-state index in [9.17, 15) is 5.11 Å². The van der Waals surface area contributed by atoms with Crippen molar-refractivity contribution in [2.45, 2.75) is 39.3 Å². The number of nitrogens with one attached hydrogen (secondary N) is 1. The maximum atomic E-state index is 10.0. The van der Waals surface area contributed by atoms with Crippen LogP contribution in [0, 0.1) is 17.3 Å². The number of fused-ring (bicyclic) bond motifs is 1. The second-order valence-electron chi connectivity index (χ2n) is 7.44. The van der Waals surface area contributed by atoms with Crippen LogP contribution < -0.4 is 5.32 Å². The maximum Gasteiger partial charge on any atom is 0.0897 e. The predicted molar refractivity (Wildman–Crippen MR) is 90.8 cm³/mol. The van der Waals surface area contributed by atoms with Gasteiger partial charge in [0.05, 0.1) is 25.0 Å². The molecular weight excluding hydrogens is 288 g/mol. The Morgan fingerprint density at radius 2 is 2.30 bits per heavy atom. The van der Waals surface area contributed by atoms with Crippen LogP contribution in [-0.2, 0) is 11.3 Å². The summed E-state index contributed by atoms with van der Waals surface area (Å²) in [6.45, 7) is 6.97. The van der Waals surface area contributed by atoms with E-state index >= 15 is 0 Å². The Hall–Kier alpha value is -1.23. The largest absolute Gasteiger partial charge is 0.389 e. The van der Waals surface area contributed by atoms with Gasteiger partial charge in [0.25, 0.3) is 0 Å². The lowest BCUT2D eigenvalue weighted by atomic mass is 9.49. The number of ether oxygens (including phenoxy) is 1. The van der Waals surface area contributed by atoms with Gasteiger partial charge in [-0.15, -0.1) is 0 Å². The van der Waals surface area contributed by atoms with Gasteiger partial charge in [-0.3, -0.25) is 4.98 Å². The smallest absolute Gasteiger partial charge is 0.0897 e. The molecule has 1 aromatic rings. The van der Waals surface area contributed by atoms with Crippen molar-refractivity contribution >= 4 is 0 Å². The molecule has 0 unspecified atom stereocenters. The van der Waals surface area contributed by atoms with E-state index < -0.39 is 6.10 Å². The monoisotopic (exact) mass is 316 g/mol. The maximum absolute atomic E-state index is 10.0. The average Bonchev–Trinajstić information content (AvgIpc) is 2.56. The van der Waals surface area contributed by atoms with Crippen molar-refractivity contribution in [2.24, 2.45) is 17.3 Å². The number of nitrogens with zero attached hydrogens (tertiary/aromatic N) is 1. The molecule has 1 aromatic heterocycles. The van der Waals surface area contributed by atoms with Gasteiger partial charge in [-0.2, -0.15) is 0 Å². The zero-order chi connectivity index (χ0) is 16.3. The average molecular weight is 316 g/mol. The van der Waals surface area contributed by atoms with Crippen molar-refractivity contribution < 1.29 is 9.84 Å². The van der Waals surface area contributed by atoms with E-state index in [4.69, 9.17) is 4.74 Å². The number of allylic oxidation sites excluding steroid dienone is 1. The van der Waals surface area contributed by atoms with Gasteiger partial charge in [-0.05, 0) is 47.8 Å². The number of aliphatic hydroxyl groups is 1. The number of rotatable bonds is 8. The minimum absolute atomic E-state index is 0.378. The van der Waals surface area contributed by atoms with Gasteiger partial charge in [0.1, 0.15) is 0 Å². The number of hydrogen-bond donors (Lipinski definition) is 2. The Kier molecular flexibility index (Phi) is 5.14. The van der Waals surface area contributed by atoms with Gasteiger partial charge in [0.15, 0.2) is 0 Å². The molecule has 3 aliphatic rings. The molecule has 0 amide bonds. The van der Waals surface area contributed by atoms with E-state index in [1.165, 1.54) is 18.4 Å². The molecule has 4 heteroatoms. The summed E-state index contributed by atoms with van der Waals surface area (Å²) in [5.41, 5.74) is 2.86. The van der Waals surface area contributed by atoms with Crippen molar-refractivity contribution in [1.82, 2.24) is 10.3 Å². The van der Waals surface area contributed by atoms with E-state index in [-0.39, 0.29) is 0 Å². The molecule has 4 rings (SSSR count). The highest BCUT2D eigenvalue weighted by atomic mass is 16.5. The van der Waals surface area contributed by atoms with E-state index in [1.807, 2.05) is 18.2 Å². The summed E-state index contributed by atoms with van der Waals surface area (Å²) in [6, 6.07) is 5.84. The second kappa shape index (κ2) is 7.12. The third-order valence-electron chi connectivity index (χ3n) is 5.57. The first-order chi connectivity index (χ1) is 11.1. The fourth-order valence-corrected chi connectivity index (χ4v) is 3.88. The quantitative estimate of drug-likeness (QED) is 0.724. The molecule has 1 fully saturated rings. The summed E-state index contributed by atoms with van der Waals surface area (Å²) in [6.07, 6.45) is 6.16. The second-order valence-corrected chi connectivity index (χ2v) is 7.44. The van der Waals surface area contributed by atoms with Crippen LogP contribution in [0.1, 0.15) is 32.4 Å². The number of hydrogen-bond acceptors (Lipinski definition) is 4. The highest BCUT2D eigenvalue weighted by molar-refractivity contribution is 5.23. The van der Waals surface area contributed by atoms with E-state index in [2.05, 4.69) is 30.2 Å². The molecule has 0 saturated heterocycles. The highest BCUT2D eigenvalue weighted by Gasteiger charge is 2.50. The minimum Gasteiger partial charge on any atom is -0.389 e. The lowest BCUT2D eigenvalue weighted by Crippen LogP contribution is -2.48. The van der Waals surface area contributed by atoms with Crippen molar-refractivity contribution in [3.8, 4) is 0 Å². The predicted octanol–water partition coefficient (Wildman–Crippen LogP) is 2.54. The fourth-order valence-electron chi connectivity index (χ4n) is 3.88. The lowest BCUT2D eigenvalue weighted by Gasteiger charge is -2.56. The normalized spacial score (nSPS) is 26.3. The van der Waals surface area contributed by atoms with Crippen molar-refractivity contribution in [3.05, 3.63) is 41.7 Å².